The normalized spacial score (nSPS) is 19.1. The van der Waals surface area contributed by atoms with Crippen molar-refractivity contribution >= 4 is 5.82 Å². The molecular weight excluding hydrogens is 289 g/mol. The molecule has 0 radical (unpaired) electrons. The highest BCUT2D eigenvalue weighted by Gasteiger charge is 2.35. The van der Waals surface area contributed by atoms with Crippen molar-refractivity contribution in [3.63, 3.8) is 0 Å². The number of fused-ring (bicyclic) bond motifs is 3. The summed E-state index contributed by atoms with van der Waals surface area (Å²) in [6.45, 7) is 1.83. The highest BCUT2D eigenvalue weighted by molar-refractivity contribution is 5.47. The Labute approximate surface area is 125 Å². The minimum absolute atomic E-state index is 0.160. The molecule has 0 spiro atoms. The number of aromatic nitrogens is 2. The summed E-state index contributed by atoms with van der Waals surface area (Å²) in [5.74, 6) is 0.685. The summed E-state index contributed by atoms with van der Waals surface area (Å²) in [5, 5.41) is 0. The summed E-state index contributed by atoms with van der Waals surface area (Å²) < 4.78 is 25.7. The molecule has 0 bridgehead atoms. The van der Waals surface area contributed by atoms with Gasteiger partial charge in [-0.25, -0.2) is 9.18 Å². The molecule has 2 aliphatic heterocycles. The van der Waals surface area contributed by atoms with Crippen molar-refractivity contribution < 1.29 is 13.9 Å². The van der Waals surface area contributed by atoms with E-state index in [0.717, 1.165) is 5.82 Å². The first-order valence-corrected chi connectivity index (χ1v) is 7.04. The standard InChI is InChI=1S/C15H14FN3O3/c16-11-3-1-2-10(4-11)7-22-13-5-14-18(15(20)17-13)6-12-8-21-9-19(12)14/h1-5,12H,6-9H2/t12-/m1/s1. The molecule has 0 saturated carbocycles. The predicted molar refractivity (Wildman–Crippen MR) is 76.3 cm³/mol. The van der Waals surface area contributed by atoms with E-state index in [4.69, 9.17) is 9.47 Å². The van der Waals surface area contributed by atoms with Gasteiger partial charge in [0.05, 0.1) is 19.2 Å². The SMILES string of the molecule is O=c1nc(OCc2cccc(F)c2)cc2n1C[C@@H]1COCN21. The molecular formula is C15H14FN3O3. The monoisotopic (exact) mass is 303 g/mol. The first-order chi connectivity index (χ1) is 10.7. The molecule has 2 aliphatic rings. The zero-order valence-electron chi connectivity index (χ0n) is 11.7. The molecule has 2 aromatic rings. The van der Waals surface area contributed by atoms with Crippen molar-refractivity contribution in [3.05, 3.63) is 52.2 Å². The van der Waals surface area contributed by atoms with Gasteiger partial charge in [-0.3, -0.25) is 4.57 Å². The van der Waals surface area contributed by atoms with Crippen molar-refractivity contribution in [2.24, 2.45) is 0 Å². The maximum absolute atomic E-state index is 13.1. The van der Waals surface area contributed by atoms with Crippen LogP contribution in [0.1, 0.15) is 5.56 Å². The number of hydrogen-bond donors (Lipinski definition) is 0. The van der Waals surface area contributed by atoms with Crippen molar-refractivity contribution in [1.82, 2.24) is 9.55 Å². The summed E-state index contributed by atoms with van der Waals surface area (Å²) in [7, 11) is 0. The van der Waals surface area contributed by atoms with E-state index in [1.54, 1.807) is 22.8 Å². The van der Waals surface area contributed by atoms with Gasteiger partial charge in [-0.05, 0) is 17.7 Å². The smallest absolute Gasteiger partial charge is 0.352 e. The fourth-order valence-corrected chi connectivity index (χ4v) is 2.84. The highest BCUT2D eigenvalue weighted by atomic mass is 19.1. The van der Waals surface area contributed by atoms with Gasteiger partial charge in [0.2, 0.25) is 5.88 Å². The first kappa shape index (κ1) is 13.3. The zero-order valence-corrected chi connectivity index (χ0v) is 11.7. The highest BCUT2D eigenvalue weighted by Crippen LogP contribution is 2.29. The Kier molecular flexibility index (Phi) is 3.07. The molecule has 0 unspecified atom stereocenters. The van der Waals surface area contributed by atoms with Crippen LogP contribution < -0.4 is 15.3 Å². The molecule has 1 saturated heterocycles. The number of anilines is 1. The van der Waals surface area contributed by atoms with Gasteiger partial charge < -0.3 is 14.4 Å². The zero-order chi connectivity index (χ0) is 15.1. The van der Waals surface area contributed by atoms with Crippen molar-refractivity contribution in [1.29, 1.82) is 0 Å². The molecule has 0 N–H and O–H groups in total. The number of halogens is 1. The number of ether oxygens (including phenoxy) is 2. The van der Waals surface area contributed by atoms with E-state index >= 15 is 0 Å². The topological polar surface area (TPSA) is 56.6 Å². The third-order valence-electron chi connectivity index (χ3n) is 3.91. The summed E-state index contributed by atoms with van der Waals surface area (Å²) >= 11 is 0. The van der Waals surface area contributed by atoms with E-state index in [1.165, 1.54) is 12.1 Å². The first-order valence-electron chi connectivity index (χ1n) is 7.04. The molecule has 0 aliphatic carbocycles. The molecule has 1 aromatic carbocycles. The van der Waals surface area contributed by atoms with Crippen molar-refractivity contribution in [2.75, 3.05) is 18.2 Å². The number of rotatable bonds is 3. The molecule has 4 rings (SSSR count). The average molecular weight is 303 g/mol. The quantitative estimate of drug-likeness (QED) is 0.851. The predicted octanol–water partition coefficient (Wildman–Crippen LogP) is 1.14. The van der Waals surface area contributed by atoms with Crippen LogP contribution in [-0.2, 0) is 17.9 Å². The second-order valence-corrected chi connectivity index (χ2v) is 5.39. The molecule has 1 atom stereocenters. The van der Waals surface area contributed by atoms with Crippen molar-refractivity contribution in [3.8, 4) is 5.88 Å². The summed E-state index contributed by atoms with van der Waals surface area (Å²) in [6, 6.07) is 8.06. The molecule has 3 heterocycles. The minimum atomic E-state index is -0.332. The lowest BCUT2D eigenvalue weighted by atomic mass is 10.2. The largest absolute Gasteiger partial charge is 0.473 e. The Morgan fingerprint density at radius 2 is 2.32 bits per heavy atom. The van der Waals surface area contributed by atoms with Crippen LogP contribution in [0.15, 0.2) is 35.1 Å². The Bertz CT molecular complexity index is 777. The van der Waals surface area contributed by atoms with Gasteiger partial charge in [-0.1, -0.05) is 12.1 Å². The molecule has 7 heteroatoms. The third kappa shape index (κ3) is 2.23. The Morgan fingerprint density at radius 1 is 1.41 bits per heavy atom. The van der Waals surface area contributed by atoms with E-state index < -0.39 is 0 Å². The van der Waals surface area contributed by atoms with Crippen LogP contribution in [0.4, 0.5) is 10.2 Å². The average Bonchev–Trinajstić information content (AvgIpc) is 3.07. The third-order valence-corrected chi connectivity index (χ3v) is 3.91. The molecule has 6 nitrogen and oxygen atoms in total. The van der Waals surface area contributed by atoms with Crippen LogP contribution >= 0.6 is 0 Å². The molecule has 114 valence electrons. The molecule has 1 aromatic heterocycles. The number of hydrogen-bond acceptors (Lipinski definition) is 5. The lowest BCUT2D eigenvalue weighted by Crippen LogP contribution is -2.26. The Balaban J connectivity index is 1.57. The van der Waals surface area contributed by atoms with Gasteiger partial charge in [0.15, 0.2) is 0 Å². The van der Waals surface area contributed by atoms with Crippen LogP contribution in [0, 0.1) is 5.82 Å². The molecule has 22 heavy (non-hydrogen) atoms. The second kappa shape index (κ2) is 5.10. The summed E-state index contributed by atoms with van der Waals surface area (Å²) in [6.07, 6.45) is 0. The van der Waals surface area contributed by atoms with E-state index in [0.29, 0.717) is 25.4 Å². The van der Waals surface area contributed by atoms with Gasteiger partial charge in [0.1, 0.15) is 25.0 Å². The lowest BCUT2D eigenvalue weighted by Gasteiger charge is -2.15. The van der Waals surface area contributed by atoms with E-state index in [-0.39, 0.29) is 30.0 Å². The molecule has 1 fully saturated rings. The lowest BCUT2D eigenvalue weighted by molar-refractivity contribution is 0.189. The number of benzene rings is 1. The number of nitrogens with zero attached hydrogens (tertiary/aromatic N) is 3. The maximum Gasteiger partial charge on any atom is 0.352 e. The van der Waals surface area contributed by atoms with E-state index in [1.807, 2.05) is 4.90 Å². The summed E-state index contributed by atoms with van der Waals surface area (Å²) in [5.41, 5.74) is 0.353. The Hall–Kier alpha value is -2.41. The van der Waals surface area contributed by atoms with Gasteiger partial charge in [-0.2, -0.15) is 4.98 Å². The van der Waals surface area contributed by atoms with Crippen LogP contribution in [0.5, 0.6) is 5.88 Å². The molecule has 0 amide bonds. The van der Waals surface area contributed by atoms with Crippen LogP contribution in [0.3, 0.4) is 0 Å². The fourth-order valence-electron chi connectivity index (χ4n) is 2.84. The van der Waals surface area contributed by atoms with Crippen LogP contribution in [0.25, 0.3) is 0 Å². The fraction of sp³-hybridized carbons (Fsp3) is 0.333. The van der Waals surface area contributed by atoms with E-state index in [2.05, 4.69) is 4.98 Å². The van der Waals surface area contributed by atoms with Gasteiger partial charge in [0.25, 0.3) is 0 Å². The van der Waals surface area contributed by atoms with Gasteiger partial charge in [0, 0.05) is 6.07 Å². The Morgan fingerprint density at radius 3 is 3.18 bits per heavy atom. The minimum Gasteiger partial charge on any atom is -0.473 e. The van der Waals surface area contributed by atoms with Gasteiger partial charge in [-0.15, -0.1) is 0 Å². The summed E-state index contributed by atoms with van der Waals surface area (Å²) in [4.78, 5) is 18.0. The van der Waals surface area contributed by atoms with Crippen LogP contribution in [-0.4, -0.2) is 28.9 Å². The van der Waals surface area contributed by atoms with E-state index in [9.17, 15) is 9.18 Å². The second-order valence-electron chi connectivity index (χ2n) is 5.39. The van der Waals surface area contributed by atoms with Crippen molar-refractivity contribution in [2.45, 2.75) is 19.2 Å². The van der Waals surface area contributed by atoms with Gasteiger partial charge >= 0.3 is 5.69 Å². The maximum atomic E-state index is 13.1. The van der Waals surface area contributed by atoms with Crippen LogP contribution in [0.2, 0.25) is 0 Å².